The number of pyridine rings is 1. The molecule has 3 heterocycles. The molecule has 0 aliphatic carbocycles. The molecule has 0 aliphatic heterocycles. The van der Waals surface area contributed by atoms with Crippen molar-refractivity contribution in [2.24, 2.45) is 7.05 Å². The van der Waals surface area contributed by atoms with Crippen LogP contribution in [0.4, 0.5) is 23.8 Å². The fourth-order valence-corrected chi connectivity index (χ4v) is 4.24. The first-order valence-electron chi connectivity index (χ1n) is 12.0. The van der Waals surface area contributed by atoms with Gasteiger partial charge in [0.15, 0.2) is 0 Å². The Morgan fingerprint density at radius 1 is 1.00 bits per heavy atom. The number of hydrogen-bond acceptors (Lipinski definition) is 5. The number of nitrogens with one attached hydrogen (secondary N) is 2. The molecule has 204 valence electrons. The Morgan fingerprint density at radius 3 is 2.45 bits per heavy atom. The van der Waals surface area contributed by atoms with Crippen LogP contribution >= 0.6 is 0 Å². The summed E-state index contributed by atoms with van der Waals surface area (Å²) in [4.78, 5) is 29.6. The van der Waals surface area contributed by atoms with Crippen LogP contribution in [-0.2, 0) is 24.5 Å². The van der Waals surface area contributed by atoms with Crippen LogP contribution in [0.15, 0.2) is 79.1 Å². The second kappa shape index (κ2) is 10.6. The predicted octanol–water partition coefficient (Wildman–Crippen LogP) is 5.53. The summed E-state index contributed by atoms with van der Waals surface area (Å²) in [5, 5.41) is 9.54. The SMILES string of the molecule is COC(=O)NCc1ccn2c(NC(=O)c3ccc(C(F)(F)F)c(-c4ccn(C)n4)c3)c(-c3ccccc3)nc2c1. The number of alkyl carbamates (subject to hydrolysis) is 1. The number of halogens is 3. The van der Waals surface area contributed by atoms with E-state index in [9.17, 15) is 22.8 Å². The molecule has 2 amide bonds. The summed E-state index contributed by atoms with van der Waals surface area (Å²) in [6.07, 6.45) is -2.00. The minimum atomic E-state index is -4.63. The van der Waals surface area contributed by atoms with E-state index in [2.05, 4.69) is 20.5 Å². The quantitative estimate of drug-likeness (QED) is 0.291. The Balaban J connectivity index is 1.55. The van der Waals surface area contributed by atoms with Gasteiger partial charge in [-0.05, 0) is 42.0 Å². The van der Waals surface area contributed by atoms with Crippen molar-refractivity contribution in [1.29, 1.82) is 0 Å². The number of fused-ring (bicyclic) bond motifs is 1. The number of alkyl halides is 3. The van der Waals surface area contributed by atoms with Gasteiger partial charge in [-0.15, -0.1) is 0 Å². The van der Waals surface area contributed by atoms with Gasteiger partial charge < -0.3 is 15.4 Å². The molecule has 9 nitrogen and oxygen atoms in total. The average Bonchev–Trinajstić information content (AvgIpc) is 3.54. The number of rotatable bonds is 6. The van der Waals surface area contributed by atoms with Crippen molar-refractivity contribution in [3.8, 4) is 22.5 Å². The standard InChI is InChI=1S/C28H23F3N6O3/c1-36-12-11-22(35-36)20-15-19(8-9-21(20)28(29,30)31)26(38)34-25-24(18-6-4-3-5-7-18)33-23-14-17(10-13-37(23)25)16-32-27(39)40-2/h3-15H,16H2,1-2H3,(H,32,39)(H,34,38). The highest BCUT2D eigenvalue weighted by atomic mass is 19.4. The normalized spacial score (nSPS) is 11.4. The largest absolute Gasteiger partial charge is 0.453 e. The number of methoxy groups -OCH3 is 1. The van der Waals surface area contributed by atoms with Gasteiger partial charge in [-0.25, -0.2) is 9.78 Å². The number of aryl methyl sites for hydroxylation is 1. The van der Waals surface area contributed by atoms with Crippen LogP contribution in [0.3, 0.4) is 0 Å². The zero-order valence-corrected chi connectivity index (χ0v) is 21.4. The molecule has 0 bridgehead atoms. The molecular weight excluding hydrogens is 525 g/mol. The Hall–Kier alpha value is -5.13. The summed E-state index contributed by atoms with van der Waals surface area (Å²) in [6.45, 7) is 0.195. The van der Waals surface area contributed by atoms with E-state index >= 15 is 0 Å². The number of amides is 2. The van der Waals surface area contributed by atoms with Gasteiger partial charge >= 0.3 is 12.3 Å². The molecule has 0 saturated heterocycles. The molecule has 5 rings (SSSR count). The Labute approximate surface area is 226 Å². The number of carbonyl (C=O) groups is 2. The van der Waals surface area contributed by atoms with E-state index in [4.69, 9.17) is 4.98 Å². The monoisotopic (exact) mass is 548 g/mol. The molecule has 40 heavy (non-hydrogen) atoms. The zero-order valence-electron chi connectivity index (χ0n) is 21.4. The molecule has 3 aromatic heterocycles. The van der Waals surface area contributed by atoms with Crippen LogP contribution < -0.4 is 10.6 Å². The van der Waals surface area contributed by atoms with Gasteiger partial charge in [0.1, 0.15) is 17.2 Å². The second-order valence-electron chi connectivity index (χ2n) is 8.87. The highest BCUT2D eigenvalue weighted by Crippen LogP contribution is 2.37. The van der Waals surface area contributed by atoms with E-state index in [1.165, 1.54) is 30.1 Å². The number of aromatic nitrogens is 4. The highest BCUT2D eigenvalue weighted by Gasteiger charge is 2.34. The topological polar surface area (TPSA) is 103 Å². The highest BCUT2D eigenvalue weighted by molar-refractivity contribution is 6.06. The van der Waals surface area contributed by atoms with E-state index in [1.807, 2.05) is 30.3 Å². The second-order valence-corrected chi connectivity index (χ2v) is 8.87. The third-order valence-corrected chi connectivity index (χ3v) is 6.17. The summed E-state index contributed by atoms with van der Waals surface area (Å²) in [6, 6.07) is 17.3. The first-order chi connectivity index (χ1) is 19.1. The molecule has 2 aromatic carbocycles. The maximum absolute atomic E-state index is 13.8. The Morgan fingerprint density at radius 2 is 1.77 bits per heavy atom. The third-order valence-electron chi connectivity index (χ3n) is 6.17. The fraction of sp³-hybridized carbons (Fsp3) is 0.143. The van der Waals surface area contributed by atoms with Gasteiger partial charge in [0.25, 0.3) is 5.91 Å². The van der Waals surface area contributed by atoms with Crippen LogP contribution in [0.5, 0.6) is 0 Å². The molecule has 0 aliphatic rings. The molecule has 0 unspecified atom stereocenters. The minimum Gasteiger partial charge on any atom is -0.453 e. The molecule has 0 saturated carbocycles. The van der Waals surface area contributed by atoms with Crippen LogP contribution in [0.25, 0.3) is 28.2 Å². The number of hydrogen-bond donors (Lipinski definition) is 2. The number of nitrogens with zero attached hydrogens (tertiary/aromatic N) is 4. The van der Waals surface area contributed by atoms with Crippen molar-refractivity contribution >= 4 is 23.5 Å². The number of benzene rings is 2. The van der Waals surface area contributed by atoms with E-state index in [0.29, 0.717) is 17.2 Å². The number of carbonyl (C=O) groups excluding carboxylic acids is 2. The van der Waals surface area contributed by atoms with Crippen molar-refractivity contribution in [3.05, 3.63) is 95.8 Å². The van der Waals surface area contributed by atoms with E-state index in [1.54, 1.807) is 29.8 Å². The maximum atomic E-state index is 13.8. The van der Waals surface area contributed by atoms with Crippen LogP contribution in [-0.4, -0.2) is 38.3 Å². The van der Waals surface area contributed by atoms with Crippen molar-refractivity contribution in [2.45, 2.75) is 12.7 Å². The van der Waals surface area contributed by atoms with Crippen LogP contribution in [0, 0.1) is 0 Å². The third kappa shape index (κ3) is 5.37. The summed E-state index contributed by atoms with van der Waals surface area (Å²) >= 11 is 0. The minimum absolute atomic E-state index is 0.0153. The number of imidazole rings is 1. The van der Waals surface area contributed by atoms with Crippen LogP contribution in [0.1, 0.15) is 21.5 Å². The fourth-order valence-electron chi connectivity index (χ4n) is 4.24. The van der Waals surface area contributed by atoms with Crippen molar-refractivity contribution in [3.63, 3.8) is 0 Å². The molecule has 5 aromatic rings. The van der Waals surface area contributed by atoms with E-state index in [0.717, 1.165) is 23.3 Å². The number of anilines is 1. The summed E-state index contributed by atoms with van der Waals surface area (Å²) < 4.78 is 49.0. The van der Waals surface area contributed by atoms with E-state index < -0.39 is 23.7 Å². The van der Waals surface area contributed by atoms with Crippen LogP contribution in [0.2, 0.25) is 0 Å². The average molecular weight is 549 g/mol. The summed E-state index contributed by atoms with van der Waals surface area (Å²) in [5.41, 5.74) is 1.42. The number of ether oxygens (including phenoxy) is 1. The summed E-state index contributed by atoms with van der Waals surface area (Å²) in [7, 11) is 2.87. The lowest BCUT2D eigenvalue weighted by molar-refractivity contribution is -0.137. The van der Waals surface area contributed by atoms with Crippen molar-refractivity contribution in [1.82, 2.24) is 24.5 Å². The lowest BCUT2D eigenvalue weighted by Gasteiger charge is -2.14. The van der Waals surface area contributed by atoms with Crippen molar-refractivity contribution < 1.29 is 27.5 Å². The first-order valence-corrected chi connectivity index (χ1v) is 12.0. The van der Waals surface area contributed by atoms with Gasteiger partial charge in [-0.3, -0.25) is 13.9 Å². The molecule has 0 atom stereocenters. The van der Waals surface area contributed by atoms with Gasteiger partial charge in [0.2, 0.25) is 0 Å². The maximum Gasteiger partial charge on any atom is 0.417 e. The Bertz CT molecular complexity index is 1710. The van der Waals surface area contributed by atoms with Gasteiger partial charge in [-0.2, -0.15) is 18.3 Å². The van der Waals surface area contributed by atoms with E-state index in [-0.39, 0.29) is 23.4 Å². The lowest BCUT2D eigenvalue weighted by Crippen LogP contribution is -2.22. The molecule has 0 fully saturated rings. The first kappa shape index (κ1) is 26.5. The van der Waals surface area contributed by atoms with Gasteiger partial charge in [0.05, 0.1) is 18.4 Å². The lowest BCUT2D eigenvalue weighted by atomic mass is 10.0. The molecule has 2 N–H and O–H groups in total. The molecule has 12 heteroatoms. The molecular formula is C28H23F3N6O3. The van der Waals surface area contributed by atoms with Gasteiger partial charge in [0, 0.05) is 42.7 Å². The predicted molar refractivity (Wildman–Crippen MR) is 141 cm³/mol. The smallest absolute Gasteiger partial charge is 0.417 e. The molecule has 0 radical (unpaired) electrons. The van der Waals surface area contributed by atoms with Gasteiger partial charge in [-0.1, -0.05) is 30.3 Å². The van der Waals surface area contributed by atoms with Crippen molar-refractivity contribution in [2.75, 3.05) is 12.4 Å². The summed E-state index contributed by atoms with van der Waals surface area (Å²) in [5.74, 6) is -0.292. The zero-order chi connectivity index (χ0) is 28.4. The molecule has 0 spiro atoms. The Kier molecular flexibility index (Phi) is 6.99.